The van der Waals surface area contributed by atoms with Crippen molar-refractivity contribution in [1.82, 2.24) is 0 Å². The molecular formula is C29H19F3. The Morgan fingerprint density at radius 3 is 1.66 bits per heavy atom. The third-order valence-electron chi connectivity index (χ3n) is 5.05. The van der Waals surface area contributed by atoms with Gasteiger partial charge in [-0.1, -0.05) is 55.2 Å². The Morgan fingerprint density at radius 2 is 1.09 bits per heavy atom. The standard InChI is InChI=1S/C29H19F3/c1-2-3-20-4-6-21(7-5-20)8-9-22-10-12-23(13-11-22)14-15-24-16-17-26-25(18-24)19-27(30)29(32)28(26)31/h4-7,10-13,16-19H,2-3H2,1H3. The van der Waals surface area contributed by atoms with Crippen molar-refractivity contribution in [3.05, 3.63) is 118 Å². The summed E-state index contributed by atoms with van der Waals surface area (Å²) >= 11 is 0. The number of hydrogen-bond donors (Lipinski definition) is 0. The molecule has 0 nitrogen and oxygen atoms in total. The lowest BCUT2D eigenvalue weighted by Crippen LogP contribution is -1.92. The van der Waals surface area contributed by atoms with E-state index in [1.165, 1.54) is 11.6 Å². The summed E-state index contributed by atoms with van der Waals surface area (Å²) < 4.78 is 40.7. The van der Waals surface area contributed by atoms with Crippen LogP contribution in [0.1, 0.15) is 41.2 Å². The molecule has 0 N–H and O–H groups in total. The predicted octanol–water partition coefficient (Wildman–Crippen LogP) is 7.01. The Hall–Kier alpha value is -3.95. The summed E-state index contributed by atoms with van der Waals surface area (Å²) in [5.74, 6) is 8.45. The fourth-order valence-electron chi connectivity index (χ4n) is 3.35. The maximum absolute atomic E-state index is 13.8. The summed E-state index contributed by atoms with van der Waals surface area (Å²) in [6.07, 6.45) is 2.19. The highest BCUT2D eigenvalue weighted by atomic mass is 19.2. The first-order valence-electron chi connectivity index (χ1n) is 10.3. The van der Waals surface area contributed by atoms with E-state index in [2.05, 4.69) is 42.7 Å². The third kappa shape index (κ3) is 4.85. The van der Waals surface area contributed by atoms with Crippen LogP contribution in [0.2, 0.25) is 0 Å². The zero-order valence-electron chi connectivity index (χ0n) is 17.5. The first-order chi connectivity index (χ1) is 15.5. The van der Waals surface area contributed by atoms with Crippen molar-refractivity contribution in [2.24, 2.45) is 0 Å². The molecule has 156 valence electrons. The number of rotatable bonds is 2. The summed E-state index contributed by atoms with van der Waals surface area (Å²) in [5, 5.41) is 0.291. The van der Waals surface area contributed by atoms with Gasteiger partial charge in [-0.25, -0.2) is 13.2 Å². The lowest BCUT2D eigenvalue weighted by Gasteiger charge is -2.02. The van der Waals surface area contributed by atoms with Gasteiger partial charge in [-0.3, -0.25) is 0 Å². The third-order valence-corrected chi connectivity index (χ3v) is 5.05. The summed E-state index contributed by atoms with van der Waals surface area (Å²) in [7, 11) is 0. The fourth-order valence-corrected chi connectivity index (χ4v) is 3.35. The SMILES string of the molecule is CCCc1ccc(C#Cc2ccc(C#Cc3ccc4c(F)c(F)c(F)cc4c3)cc2)cc1. The maximum Gasteiger partial charge on any atom is 0.195 e. The molecule has 0 radical (unpaired) electrons. The molecule has 0 spiro atoms. The molecule has 4 rings (SSSR count). The highest BCUT2D eigenvalue weighted by Gasteiger charge is 2.13. The summed E-state index contributed by atoms with van der Waals surface area (Å²) in [6.45, 7) is 2.16. The van der Waals surface area contributed by atoms with Crippen molar-refractivity contribution in [3.63, 3.8) is 0 Å². The molecule has 0 saturated heterocycles. The van der Waals surface area contributed by atoms with Crippen molar-refractivity contribution in [2.45, 2.75) is 19.8 Å². The van der Waals surface area contributed by atoms with E-state index in [1.54, 1.807) is 12.1 Å². The van der Waals surface area contributed by atoms with Crippen molar-refractivity contribution in [1.29, 1.82) is 0 Å². The molecule has 0 unspecified atom stereocenters. The number of halogens is 3. The molecule has 0 aliphatic rings. The smallest absolute Gasteiger partial charge is 0.195 e. The normalized spacial score (nSPS) is 10.2. The van der Waals surface area contributed by atoms with Gasteiger partial charge < -0.3 is 0 Å². The van der Waals surface area contributed by atoms with Crippen molar-refractivity contribution >= 4 is 10.8 Å². The first-order valence-corrected chi connectivity index (χ1v) is 10.3. The van der Waals surface area contributed by atoms with Crippen LogP contribution in [0.25, 0.3) is 10.8 Å². The van der Waals surface area contributed by atoms with Gasteiger partial charge >= 0.3 is 0 Å². The van der Waals surface area contributed by atoms with Crippen molar-refractivity contribution < 1.29 is 13.2 Å². The second-order valence-electron chi connectivity index (χ2n) is 7.45. The van der Waals surface area contributed by atoms with Gasteiger partial charge in [0.05, 0.1) is 0 Å². The molecule has 0 aliphatic carbocycles. The lowest BCUT2D eigenvalue weighted by molar-refractivity contribution is 0.453. The van der Waals surface area contributed by atoms with Crippen LogP contribution in [-0.4, -0.2) is 0 Å². The van der Waals surface area contributed by atoms with Crippen molar-refractivity contribution in [2.75, 3.05) is 0 Å². The van der Waals surface area contributed by atoms with Gasteiger partial charge in [0.1, 0.15) is 0 Å². The largest absolute Gasteiger partial charge is 0.204 e. The maximum atomic E-state index is 13.8. The highest BCUT2D eigenvalue weighted by Crippen LogP contribution is 2.24. The van der Waals surface area contributed by atoms with Gasteiger partial charge in [0.25, 0.3) is 0 Å². The van der Waals surface area contributed by atoms with Crippen LogP contribution in [0.3, 0.4) is 0 Å². The van der Waals surface area contributed by atoms with Crippen LogP contribution in [0.4, 0.5) is 13.2 Å². The fraction of sp³-hybridized carbons (Fsp3) is 0.103. The molecule has 32 heavy (non-hydrogen) atoms. The van der Waals surface area contributed by atoms with Gasteiger partial charge in [0.15, 0.2) is 17.5 Å². The van der Waals surface area contributed by atoms with Crippen LogP contribution in [0.15, 0.2) is 72.8 Å². The Kier molecular flexibility index (Phi) is 6.29. The second kappa shape index (κ2) is 9.46. The van der Waals surface area contributed by atoms with Gasteiger partial charge in [-0.15, -0.1) is 0 Å². The van der Waals surface area contributed by atoms with Gasteiger partial charge in [0.2, 0.25) is 0 Å². The molecule has 4 aromatic rings. The molecular weight excluding hydrogens is 405 g/mol. The minimum Gasteiger partial charge on any atom is -0.204 e. The molecule has 0 fully saturated rings. The minimum absolute atomic E-state index is 0.0254. The highest BCUT2D eigenvalue weighted by molar-refractivity contribution is 5.84. The molecule has 3 heteroatoms. The number of hydrogen-bond acceptors (Lipinski definition) is 0. The van der Waals surface area contributed by atoms with E-state index in [-0.39, 0.29) is 10.8 Å². The molecule has 0 heterocycles. The zero-order chi connectivity index (χ0) is 22.5. The molecule has 0 bridgehead atoms. The number of aryl methyl sites for hydroxylation is 1. The van der Waals surface area contributed by atoms with Crippen LogP contribution in [0.5, 0.6) is 0 Å². The van der Waals surface area contributed by atoms with Crippen LogP contribution >= 0.6 is 0 Å². The van der Waals surface area contributed by atoms with E-state index in [1.807, 2.05) is 36.4 Å². The van der Waals surface area contributed by atoms with E-state index in [0.717, 1.165) is 35.6 Å². The summed E-state index contributed by atoms with van der Waals surface area (Å²) in [4.78, 5) is 0. The topological polar surface area (TPSA) is 0 Å². The quantitative estimate of drug-likeness (QED) is 0.240. The minimum atomic E-state index is -1.46. The van der Waals surface area contributed by atoms with E-state index in [0.29, 0.717) is 5.56 Å². The molecule has 0 saturated carbocycles. The molecule has 4 aromatic carbocycles. The predicted molar refractivity (Wildman–Crippen MR) is 123 cm³/mol. The Bertz CT molecular complexity index is 1390. The molecule has 0 aliphatic heterocycles. The number of fused-ring (bicyclic) bond motifs is 1. The Morgan fingerprint density at radius 1 is 0.594 bits per heavy atom. The van der Waals surface area contributed by atoms with E-state index < -0.39 is 17.5 Å². The van der Waals surface area contributed by atoms with E-state index >= 15 is 0 Å². The molecule has 0 amide bonds. The zero-order valence-corrected chi connectivity index (χ0v) is 17.5. The average molecular weight is 424 g/mol. The van der Waals surface area contributed by atoms with Crippen molar-refractivity contribution in [3.8, 4) is 23.7 Å². The van der Waals surface area contributed by atoms with E-state index in [9.17, 15) is 13.2 Å². The summed E-state index contributed by atoms with van der Waals surface area (Å²) in [5.41, 5.74) is 4.54. The van der Waals surface area contributed by atoms with Crippen LogP contribution < -0.4 is 0 Å². The Labute approximate surface area is 185 Å². The van der Waals surface area contributed by atoms with Gasteiger partial charge in [-0.2, -0.15) is 0 Å². The Balaban J connectivity index is 1.50. The first kappa shape index (κ1) is 21.3. The van der Waals surface area contributed by atoms with Crippen LogP contribution in [0, 0.1) is 41.1 Å². The monoisotopic (exact) mass is 424 g/mol. The second-order valence-corrected chi connectivity index (χ2v) is 7.45. The number of benzene rings is 4. The molecule has 0 atom stereocenters. The van der Waals surface area contributed by atoms with Gasteiger partial charge in [-0.05, 0) is 72.0 Å². The molecule has 0 aromatic heterocycles. The van der Waals surface area contributed by atoms with E-state index in [4.69, 9.17) is 0 Å². The summed E-state index contributed by atoms with van der Waals surface area (Å²) in [6, 6.07) is 21.3. The lowest BCUT2D eigenvalue weighted by atomic mass is 10.1. The van der Waals surface area contributed by atoms with Crippen LogP contribution in [-0.2, 0) is 6.42 Å². The van der Waals surface area contributed by atoms with Gasteiger partial charge in [0, 0.05) is 27.6 Å². The average Bonchev–Trinajstić information content (AvgIpc) is 2.81.